The molecule has 0 aliphatic rings. The molecule has 1 rings (SSSR count). The van der Waals surface area contributed by atoms with E-state index >= 15 is 0 Å². The van der Waals surface area contributed by atoms with Crippen molar-refractivity contribution in [3.8, 4) is 0 Å². The lowest BCUT2D eigenvalue weighted by Gasteiger charge is -2.24. The van der Waals surface area contributed by atoms with Gasteiger partial charge in [-0.2, -0.15) is 0 Å². The molecule has 0 aliphatic carbocycles. The van der Waals surface area contributed by atoms with Crippen LogP contribution in [-0.2, 0) is 10.0 Å². The van der Waals surface area contributed by atoms with Crippen LogP contribution in [0.25, 0.3) is 0 Å². The van der Waals surface area contributed by atoms with Gasteiger partial charge in [0, 0.05) is 12.4 Å². The predicted octanol–water partition coefficient (Wildman–Crippen LogP) is 4.32. The van der Waals surface area contributed by atoms with Gasteiger partial charge in [0.1, 0.15) is 0 Å². The van der Waals surface area contributed by atoms with Crippen LogP contribution in [0.2, 0.25) is 10.0 Å². The second-order valence-corrected chi connectivity index (χ2v) is 8.32. The van der Waals surface area contributed by atoms with Crippen LogP contribution in [0.3, 0.4) is 0 Å². The normalized spacial score (nSPS) is 12.7. The Morgan fingerprint density at radius 3 is 2.40 bits per heavy atom. The average Bonchev–Trinajstić information content (AvgIpc) is 2.37. The van der Waals surface area contributed by atoms with Gasteiger partial charge >= 0.3 is 0 Å². The van der Waals surface area contributed by atoms with Crippen molar-refractivity contribution in [3.05, 3.63) is 28.2 Å². The Bertz CT molecular complexity index is 559. The first-order valence-corrected chi connectivity index (χ1v) is 8.96. The maximum Gasteiger partial charge on any atom is 0.240 e. The third-order valence-corrected chi connectivity index (χ3v) is 5.33. The second-order valence-electron chi connectivity index (χ2n) is 5.36. The highest BCUT2D eigenvalue weighted by atomic mass is 35.5. The third kappa shape index (κ3) is 5.41. The molecule has 114 valence electrons. The van der Waals surface area contributed by atoms with Crippen molar-refractivity contribution in [2.45, 2.75) is 31.6 Å². The molecule has 1 aromatic rings. The number of nitrogens with one attached hydrogen (secondary N) is 1. The maximum atomic E-state index is 12.2. The molecule has 0 radical (unpaired) electrons. The molecule has 0 aliphatic heterocycles. The summed E-state index contributed by atoms with van der Waals surface area (Å²) in [5, 5.41) is 0.545. The first-order chi connectivity index (χ1) is 9.18. The lowest BCUT2D eigenvalue weighted by molar-refractivity contribution is 0.331. The number of halogens is 3. The van der Waals surface area contributed by atoms with Crippen molar-refractivity contribution in [1.82, 2.24) is 4.72 Å². The molecule has 1 N–H and O–H groups in total. The van der Waals surface area contributed by atoms with E-state index in [0.717, 1.165) is 12.8 Å². The van der Waals surface area contributed by atoms with Crippen molar-refractivity contribution in [2.24, 2.45) is 5.41 Å². The minimum absolute atomic E-state index is 0.111. The SMILES string of the molecule is CC(C)(CCCCl)CNS(=O)(=O)c1ccc(Cl)c(Cl)c1. The molecule has 7 heteroatoms. The first-order valence-electron chi connectivity index (χ1n) is 6.19. The van der Waals surface area contributed by atoms with Crippen LogP contribution in [0.5, 0.6) is 0 Å². The highest BCUT2D eigenvalue weighted by Crippen LogP contribution is 2.26. The number of rotatable bonds is 7. The fourth-order valence-electron chi connectivity index (χ4n) is 1.65. The number of sulfonamides is 1. The molecule has 0 saturated heterocycles. The molecule has 0 spiro atoms. The largest absolute Gasteiger partial charge is 0.240 e. The van der Waals surface area contributed by atoms with Crippen LogP contribution in [-0.4, -0.2) is 20.8 Å². The Hall–Kier alpha value is -0.000000000000000111. The van der Waals surface area contributed by atoms with Gasteiger partial charge in [0.05, 0.1) is 14.9 Å². The topological polar surface area (TPSA) is 46.2 Å². The zero-order chi connectivity index (χ0) is 15.4. The number of hydrogen-bond donors (Lipinski definition) is 1. The standard InChI is InChI=1S/C13H18Cl3NO2S/c1-13(2,6-3-7-14)9-17-20(18,19)10-4-5-11(15)12(16)8-10/h4-5,8,17H,3,6-7,9H2,1-2H3. The van der Waals surface area contributed by atoms with E-state index in [4.69, 9.17) is 34.8 Å². The summed E-state index contributed by atoms with van der Waals surface area (Å²) in [6.45, 7) is 4.33. The summed E-state index contributed by atoms with van der Waals surface area (Å²) < 4.78 is 27.0. The maximum absolute atomic E-state index is 12.2. The van der Waals surface area contributed by atoms with Gasteiger partial charge < -0.3 is 0 Å². The van der Waals surface area contributed by atoms with Gasteiger partial charge in [0.15, 0.2) is 0 Å². The zero-order valence-corrected chi connectivity index (χ0v) is 14.5. The Kier molecular flexibility index (Phi) is 6.61. The minimum Gasteiger partial charge on any atom is -0.211 e. The van der Waals surface area contributed by atoms with Gasteiger partial charge in [-0.1, -0.05) is 37.0 Å². The summed E-state index contributed by atoms with van der Waals surface area (Å²) >= 11 is 17.3. The highest BCUT2D eigenvalue weighted by molar-refractivity contribution is 7.89. The molecule has 0 aromatic heterocycles. The van der Waals surface area contributed by atoms with Crippen LogP contribution < -0.4 is 4.72 Å². The van der Waals surface area contributed by atoms with Crippen molar-refractivity contribution < 1.29 is 8.42 Å². The molecule has 0 unspecified atom stereocenters. The van der Waals surface area contributed by atoms with E-state index in [2.05, 4.69) is 4.72 Å². The molecule has 1 aromatic carbocycles. The summed E-state index contributed by atoms with van der Waals surface area (Å²) in [6.07, 6.45) is 1.70. The van der Waals surface area contributed by atoms with Crippen LogP contribution >= 0.6 is 34.8 Å². The monoisotopic (exact) mass is 357 g/mol. The van der Waals surface area contributed by atoms with Crippen molar-refractivity contribution in [2.75, 3.05) is 12.4 Å². The van der Waals surface area contributed by atoms with E-state index in [-0.39, 0.29) is 15.3 Å². The molecule has 20 heavy (non-hydrogen) atoms. The van der Waals surface area contributed by atoms with Crippen LogP contribution in [0, 0.1) is 5.41 Å². The second kappa shape index (κ2) is 7.32. The van der Waals surface area contributed by atoms with Crippen LogP contribution in [0.15, 0.2) is 23.1 Å². The van der Waals surface area contributed by atoms with Gasteiger partial charge in [-0.25, -0.2) is 13.1 Å². The van der Waals surface area contributed by atoms with E-state index in [1.54, 1.807) is 0 Å². The Morgan fingerprint density at radius 1 is 1.20 bits per heavy atom. The molecule has 0 atom stereocenters. The number of benzene rings is 1. The fraction of sp³-hybridized carbons (Fsp3) is 0.538. The molecular weight excluding hydrogens is 341 g/mol. The molecular formula is C13H18Cl3NO2S. The smallest absolute Gasteiger partial charge is 0.211 e. The van der Waals surface area contributed by atoms with Gasteiger partial charge in [-0.15, -0.1) is 11.6 Å². The quantitative estimate of drug-likeness (QED) is 0.738. The predicted molar refractivity (Wildman–Crippen MR) is 85.4 cm³/mol. The summed E-state index contributed by atoms with van der Waals surface area (Å²) in [6, 6.07) is 4.25. The minimum atomic E-state index is -3.58. The third-order valence-electron chi connectivity index (χ3n) is 2.93. The zero-order valence-electron chi connectivity index (χ0n) is 11.4. The van der Waals surface area contributed by atoms with E-state index in [1.165, 1.54) is 18.2 Å². The number of hydrogen-bond acceptors (Lipinski definition) is 2. The summed E-state index contributed by atoms with van der Waals surface area (Å²) in [4.78, 5) is 0.111. The molecule has 0 fully saturated rings. The summed E-state index contributed by atoms with van der Waals surface area (Å²) in [5.74, 6) is 0.572. The fourth-order valence-corrected chi connectivity index (χ4v) is 3.42. The molecule has 0 amide bonds. The molecule has 3 nitrogen and oxygen atoms in total. The van der Waals surface area contributed by atoms with Crippen LogP contribution in [0.1, 0.15) is 26.7 Å². The number of alkyl halides is 1. The van der Waals surface area contributed by atoms with Crippen molar-refractivity contribution >= 4 is 44.8 Å². The van der Waals surface area contributed by atoms with Crippen molar-refractivity contribution in [1.29, 1.82) is 0 Å². The Morgan fingerprint density at radius 2 is 1.85 bits per heavy atom. The van der Waals surface area contributed by atoms with E-state index in [0.29, 0.717) is 17.4 Å². The lowest BCUT2D eigenvalue weighted by Crippen LogP contribution is -2.34. The summed E-state index contributed by atoms with van der Waals surface area (Å²) in [5.41, 5.74) is -0.155. The van der Waals surface area contributed by atoms with Gasteiger partial charge in [0.25, 0.3) is 0 Å². The Balaban J connectivity index is 2.77. The molecule has 0 bridgehead atoms. The first kappa shape index (κ1) is 18.1. The lowest BCUT2D eigenvalue weighted by atomic mass is 9.88. The van der Waals surface area contributed by atoms with E-state index < -0.39 is 10.0 Å². The average molecular weight is 359 g/mol. The summed E-state index contributed by atoms with van der Waals surface area (Å²) in [7, 11) is -3.58. The highest BCUT2D eigenvalue weighted by Gasteiger charge is 2.22. The Labute approximate surface area is 135 Å². The van der Waals surface area contributed by atoms with Gasteiger partial charge in [-0.05, 0) is 36.5 Å². The van der Waals surface area contributed by atoms with E-state index in [1.807, 2.05) is 13.8 Å². The molecule has 0 saturated carbocycles. The van der Waals surface area contributed by atoms with Crippen molar-refractivity contribution in [3.63, 3.8) is 0 Å². The van der Waals surface area contributed by atoms with Gasteiger partial charge in [0.2, 0.25) is 10.0 Å². The van der Waals surface area contributed by atoms with E-state index in [9.17, 15) is 8.42 Å². The van der Waals surface area contributed by atoms with Gasteiger partial charge in [-0.3, -0.25) is 0 Å². The van der Waals surface area contributed by atoms with Crippen LogP contribution in [0.4, 0.5) is 0 Å². The molecule has 0 heterocycles.